The van der Waals surface area contributed by atoms with Crippen LogP contribution in [0.2, 0.25) is 5.02 Å². The van der Waals surface area contributed by atoms with Crippen LogP contribution >= 0.6 is 11.6 Å². The average molecular weight is 242 g/mol. The molecule has 0 aliphatic heterocycles. The van der Waals surface area contributed by atoms with Crippen molar-refractivity contribution >= 4 is 23.3 Å². The zero-order valence-electron chi connectivity index (χ0n) is 9.40. The van der Waals surface area contributed by atoms with Crippen molar-refractivity contribution in [1.82, 2.24) is 4.98 Å². The molecule has 88 valence electrons. The summed E-state index contributed by atoms with van der Waals surface area (Å²) in [4.78, 5) is 15.6. The van der Waals surface area contributed by atoms with Gasteiger partial charge in [-0.25, -0.2) is 4.98 Å². The third-order valence-corrected chi connectivity index (χ3v) is 2.26. The molecule has 0 saturated carbocycles. The van der Waals surface area contributed by atoms with Crippen molar-refractivity contribution in [3.63, 3.8) is 0 Å². The Labute approximate surface area is 100 Å². The molecule has 16 heavy (non-hydrogen) atoms. The predicted molar refractivity (Wildman–Crippen MR) is 65.3 cm³/mol. The van der Waals surface area contributed by atoms with E-state index >= 15 is 0 Å². The normalized spacial score (nSPS) is 12.6. The van der Waals surface area contributed by atoms with Gasteiger partial charge in [0.1, 0.15) is 5.82 Å². The van der Waals surface area contributed by atoms with E-state index in [-0.39, 0.29) is 5.91 Å². The Hall–Kier alpha value is -1.13. The van der Waals surface area contributed by atoms with Gasteiger partial charge >= 0.3 is 0 Å². The van der Waals surface area contributed by atoms with Crippen LogP contribution in [0.3, 0.4) is 0 Å². The lowest BCUT2D eigenvalue weighted by molar-refractivity contribution is -0.117. The van der Waals surface area contributed by atoms with E-state index in [9.17, 15) is 4.79 Å². The van der Waals surface area contributed by atoms with Gasteiger partial charge in [0.15, 0.2) is 0 Å². The highest BCUT2D eigenvalue weighted by Gasteiger charge is 2.15. The molecule has 1 rings (SSSR count). The summed E-state index contributed by atoms with van der Waals surface area (Å²) in [6, 6.07) is 2.80. The molecule has 1 aromatic rings. The minimum atomic E-state index is -0.502. The van der Waals surface area contributed by atoms with E-state index in [1.807, 2.05) is 13.8 Å². The Balaban J connectivity index is 2.54. The third-order valence-electron chi connectivity index (χ3n) is 2.04. The van der Waals surface area contributed by atoms with Crippen LogP contribution in [-0.2, 0) is 4.79 Å². The minimum absolute atomic E-state index is 0.219. The lowest BCUT2D eigenvalue weighted by Gasteiger charge is -2.13. The SMILES string of the molecule is CC(C)C[C@@H](N)C(=O)Nc1ccc(Cl)cn1. The smallest absolute Gasteiger partial charge is 0.242 e. The molecular formula is C11H16ClN3O. The number of nitrogens with two attached hydrogens (primary N) is 1. The first-order valence-corrected chi connectivity index (χ1v) is 5.55. The number of nitrogens with zero attached hydrogens (tertiary/aromatic N) is 1. The number of hydrogen-bond donors (Lipinski definition) is 2. The maximum atomic E-state index is 11.6. The van der Waals surface area contributed by atoms with Gasteiger partial charge < -0.3 is 11.1 Å². The van der Waals surface area contributed by atoms with Crippen molar-refractivity contribution < 1.29 is 4.79 Å². The Morgan fingerprint density at radius 3 is 2.75 bits per heavy atom. The molecule has 4 nitrogen and oxygen atoms in total. The first kappa shape index (κ1) is 12.9. The fraction of sp³-hybridized carbons (Fsp3) is 0.455. The van der Waals surface area contributed by atoms with Gasteiger partial charge in [0.05, 0.1) is 11.1 Å². The van der Waals surface area contributed by atoms with Crippen molar-refractivity contribution in [2.24, 2.45) is 11.7 Å². The number of carbonyl (C=O) groups excluding carboxylic acids is 1. The molecule has 1 amide bonds. The van der Waals surface area contributed by atoms with Crippen LogP contribution in [0.25, 0.3) is 0 Å². The molecule has 0 spiro atoms. The summed E-state index contributed by atoms with van der Waals surface area (Å²) in [6.45, 7) is 4.04. The van der Waals surface area contributed by atoms with Gasteiger partial charge in [0.25, 0.3) is 0 Å². The van der Waals surface area contributed by atoms with Gasteiger partial charge in [0, 0.05) is 6.20 Å². The van der Waals surface area contributed by atoms with E-state index < -0.39 is 6.04 Å². The van der Waals surface area contributed by atoms with E-state index in [0.29, 0.717) is 23.2 Å². The molecule has 0 unspecified atom stereocenters. The zero-order valence-corrected chi connectivity index (χ0v) is 10.2. The van der Waals surface area contributed by atoms with Crippen LogP contribution in [0, 0.1) is 5.92 Å². The second kappa shape index (κ2) is 5.82. The molecule has 5 heteroatoms. The first-order valence-electron chi connectivity index (χ1n) is 5.17. The summed E-state index contributed by atoms with van der Waals surface area (Å²) in [6.07, 6.45) is 2.13. The lowest BCUT2D eigenvalue weighted by Crippen LogP contribution is -2.36. The zero-order chi connectivity index (χ0) is 12.1. The molecule has 0 bridgehead atoms. The van der Waals surface area contributed by atoms with Gasteiger partial charge in [0.2, 0.25) is 5.91 Å². The summed E-state index contributed by atoms with van der Waals surface area (Å²) in [5.74, 6) is 0.635. The molecular weight excluding hydrogens is 226 g/mol. The third kappa shape index (κ3) is 4.16. The second-order valence-electron chi connectivity index (χ2n) is 4.09. The molecule has 0 radical (unpaired) electrons. The summed E-state index contributed by atoms with van der Waals surface area (Å²) >= 11 is 5.68. The summed E-state index contributed by atoms with van der Waals surface area (Å²) in [5, 5.41) is 3.17. The Morgan fingerprint density at radius 1 is 1.56 bits per heavy atom. The molecule has 0 aliphatic rings. The van der Waals surface area contributed by atoms with E-state index in [1.54, 1.807) is 12.1 Å². The van der Waals surface area contributed by atoms with Gasteiger partial charge in [-0.05, 0) is 24.5 Å². The van der Waals surface area contributed by atoms with Crippen LogP contribution in [0.4, 0.5) is 5.82 Å². The van der Waals surface area contributed by atoms with Crippen molar-refractivity contribution in [2.75, 3.05) is 5.32 Å². The van der Waals surface area contributed by atoms with Crippen LogP contribution in [0.5, 0.6) is 0 Å². The number of aromatic nitrogens is 1. The molecule has 0 fully saturated rings. The fourth-order valence-corrected chi connectivity index (χ4v) is 1.40. The number of rotatable bonds is 4. The molecule has 1 heterocycles. The second-order valence-corrected chi connectivity index (χ2v) is 4.52. The Kier molecular flexibility index (Phi) is 4.71. The Morgan fingerprint density at radius 2 is 2.25 bits per heavy atom. The lowest BCUT2D eigenvalue weighted by atomic mass is 10.0. The number of halogens is 1. The maximum absolute atomic E-state index is 11.6. The molecule has 1 atom stereocenters. The van der Waals surface area contributed by atoms with Crippen molar-refractivity contribution in [3.8, 4) is 0 Å². The van der Waals surface area contributed by atoms with Crippen molar-refractivity contribution in [2.45, 2.75) is 26.3 Å². The highest BCUT2D eigenvalue weighted by Crippen LogP contribution is 2.10. The molecule has 3 N–H and O–H groups in total. The standard InChI is InChI=1S/C11H16ClN3O/c1-7(2)5-9(13)11(16)15-10-4-3-8(12)6-14-10/h3-4,6-7,9H,5,13H2,1-2H3,(H,14,15,16)/t9-/m1/s1. The highest BCUT2D eigenvalue weighted by atomic mass is 35.5. The van der Waals surface area contributed by atoms with E-state index in [0.717, 1.165) is 0 Å². The van der Waals surface area contributed by atoms with Crippen molar-refractivity contribution in [3.05, 3.63) is 23.4 Å². The summed E-state index contributed by atoms with van der Waals surface area (Å²) in [5.41, 5.74) is 5.73. The number of carbonyl (C=O) groups is 1. The van der Waals surface area contributed by atoms with Crippen LogP contribution in [-0.4, -0.2) is 16.9 Å². The molecule has 1 aromatic heterocycles. The average Bonchev–Trinajstić information content (AvgIpc) is 2.20. The largest absolute Gasteiger partial charge is 0.320 e. The van der Waals surface area contributed by atoms with Gasteiger partial charge in [-0.15, -0.1) is 0 Å². The fourth-order valence-electron chi connectivity index (χ4n) is 1.28. The number of anilines is 1. The summed E-state index contributed by atoms with van der Waals surface area (Å²) in [7, 11) is 0. The highest BCUT2D eigenvalue weighted by molar-refractivity contribution is 6.30. The number of nitrogens with one attached hydrogen (secondary N) is 1. The quantitative estimate of drug-likeness (QED) is 0.848. The van der Waals surface area contributed by atoms with E-state index in [4.69, 9.17) is 17.3 Å². The minimum Gasteiger partial charge on any atom is -0.320 e. The molecule has 0 aliphatic carbocycles. The van der Waals surface area contributed by atoms with E-state index in [2.05, 4.69) is 10.3 Å². The van der Waals surface area contributed by atoms with Gasteiger partial charge in [-0.2, -0.15) is 0 Å². The van der Waals surface area contributed by atoms with Crippen LogP contribution in [0.1, 0.15) is 20.3 Å². The summed E-state index contributed by atoms with van der Waals surface area (Å²) < 4.78 is 0. The first-order chi connectivity index (χ1) is 7.49. The van der Waals surface area contributed by atoms with Crippen LogP contribution < -0.4 is 11.1 Å². The van der Waals surface area contributed by atoms with Gasteiger partial charge in [-0.1, -0.05) is 25.4 Å². The van der Waals surface area contributed by atoms with Crippen LogP contribution in [0.15, 0.2) is 18.3 Å². The number of pyridine rings is 1. The van der Waals surface area contributed by atoms with Crippen molar-refractivity contribution in [1.29, 1.82) is 0 Å². The molecule has 0 saturated heterocycles. The van der Waals surface area contributed by atoms with E-state index in [1.165, 1.54) is 6.20 Å². The predicted octanol–water partition coefficient (Wildman–Crippen LogP) is 2.05. The van der Waals surface area contributed by atoms with Gasteiger partial charge in [-0.3, -0.25) is 4.79 Å². The number of hydrogen-bond acceptors (Lipinski definition) is 3. The molecule has 0 aromatic carbocycles. The maximum Gasteiger partial charge on any atom is 0.242 e. The Bertz CT molecular complexity index is 351. The monoisotopic (exact) mass is 241 g/mol. The topological polar surface area (TPSA) is 68.0 Å². The number of amides is 1.